The highest BCUT2D eigenvalue weighted by Crippen LogP contribution is 2.30. The molecule has 0 radical (unpaired) electrons. The van der Waals surface area contributed by atoms with Gasteiger partial charge in [0, 0.05) is 23.7 Å². The van der Waals surface area contributed by atoms with Gasteiger partial charge in [0.05, 0.1) is 13.2 Å². The molecule has 3 aromatic rings. The number of aromatic nitrogens is 1. The van der Waals surface area contributed by atoms with Gasteiger partial charge in [-0.15, -0.1) is 11.3 Å². The molecule has 0 unspecified atom stereocenters. The van der Waals surface area contributed by atoms with Crippen LogP contribution in [-0.4, -0.2) is 17.6 Å². The number of rotatable bonds is 8. The van der Waals surface area contributed by atoms with Crippen molar-refractivity contribution in [2.24, 2.45) is 0 Å². The lowest BCUT2D eigenvalue weighted by Crippen LogP contribution is -2.34. The summed E-state index contributed by atoms with van der Waals surface area (Å²) in [5.74, 6) is 1.76. The first-order valence-electron chi connectivity index (χ1n) is 8.63. The minimum atomic E-state index is -0.214. The third kappa shape index (κ3) is 5.72. The zero-order valence-electron chi connectivity index (χ0n) is 15.0. The van der Waals surface area contributed by atoms with Gasteiger partial charge in [0.25, 0.3) is 0 Å². The van der Waals surface area contributed by atoms with Gasteiger partial charge in [-0.3, -0.25) is 0 Å². The van der Waals surface area contributed by atoms with Crippen molar-refractivity contribution in [1.29, 1.82) is 0 Å². The molecule has 1 aromatic carbocycles. The maximum Gasteiger partial charge on any atom is 0.315 e. The first-order valence-corrected chi connectivity index (χ1v) is 9.51. The van der Waals surface area contributed by atoms with Crippen LogP contribution in [0.1, 0.15) is 17.4 Å². The van der Waals surface area contributed by atoms with E-state index in [9.17, 15) is 4.79 Å². The maximum atomic E-state index is 11.8. The number of pyridine rings is 1. The number of nitrogens with zero attached hydrogens (tertiary/aromatic N) is 1. The Labute approximate surface area is 162 Å². The smallest absolute Gasteiger partial charge is 0.315 e. The molecule has 0 spiro atoms. The lowest BCUT2D eigenvalue weighted by molar-refractivity contribution is 0.240. The van der Waals surface area contributed by atoms with E-state index in [2.05, 4.69) is 15.6 Å². The topological polar surface area (TPSA) is 72.5 Å². The van der Waals surface area contributed by atoms with Gasteiger partial charge in [0.1, 0.15) is 0 Å². The van der Waals surface area contributed by atoms with Crippen LogP contribution in [0.5, 0.6) is 17.4 Å². The average molecular weight is 383 g/mol. The fourth-order valence-electron chi connectivity index (χ4n) is 2.32. The van der Waals surface area contributed by atoms with Crippen LogP contribution in [0.4, 0.5) is 4.79 Å². The highest BCUT2D eigenvalue weighted by atomic mass is 32.1. The predicted octanol–water partition coefficient (Wildman–Crippen LogP) is 4.33. The van der Waals surface area contributed by atoms with Crippen molar-refractivity contribution in [1.82, 2.24) is 15.6 Å². The second kappa shape index (κ2) is 9.59. The van der Waals surface area contributed by atoms with Crippen LogP contribution in [0, 0.1) is 0 Å². The Bertz CT molecular complexity index is 851. The fourth-order valence-corrected chi connectivity index (χ4v) is 2.97. The normalized spacial score (nSPS) is 10.3. The molecule has 0 bridgehead atoms. The van der Waals surface area contributed by atoms with Gasteiger partial charge in [-0.25, -0.2) is 9.78 Å². The molecule has 2 aromatic heterocycles. The Morgan fingerprint density at radius 1 is 1.04 bits per heavy atom. The maximum absolute atomic E-state index is 11.8. The van der Waals surface area contributed by atoms with E-state index in [4.69, 9.17) is 9.47 Å². The Morgan fingerprint density at radius 3 is 2.56 bits per heavy atom. The number of thiophene rings is 1. The van der Waals surface area contributed by atoms with E-state index >= 15 is 0 Å². The van der Waals surface area contributed by atoms with Gasteiger partial charge in [-0.1, -0.05) is 24.3 Å². The summed E-state index contributed by atoms with van der Waals surface area (Å²) in [4.78, 5) is 17.2. The highest BCUT2D eigenvalue weighted by Gasteiger charge is 2.07. The van der Waals surface area contributed by atoms with Crippen LogP contribution in [0.3, 0.4) is 0 Å². The van der Waals surface area contributed by atoms with Crippen molar-refractivity contribution in [2.45, 2.75) is 20.0 Å². The third-order valence-corrected chi connectivity index (χ3v) is 4.49. The van der Waals surface area contributed by atoms with Crippen LogP contribution in [0.2, 0.25) is 0 Å². The van der Waals surface area contributed by atoms with E-state index in [0.29, 0.717) is 37.1 Å². The number of ether oxygens (including phenoxy) is 2. The minimum Gasteiger partial charge on any atom is -0.490 e. The Hall–Kier alpha value is -3.06. The fraction of sp³-hybridized carbons (Fsp3) is 0.200. The number of para-hydroxylation sites is 2. The molecule has 2 N–H and O–H groups in total. The summed E-state index contributed by atoms with van der Waals surface area (Å²) < 4.78 is 11.3. The molecule has 0 atom stereocenters. The number of urea groups is 1. The summed E-state index contributed by atoms with van der Waals surface area (Å²) in [6.07, 6.45) is 1.68. The van der Waals surface area contributed by atoms with Gasteiger partial charge >= 0.3 is 6.03 Å². The number of benzene rings is 1. The first kappa shape index (κ1) is 18.7. The minimum absolute atomic E-state index is 0.214. The van der Waals surface area contributed by atoms with Crippen molar-refractivity contribution in [2.75, 3.05) is 6.61 Å². The van der Waals surface area contributed by atoms with E-state index in [1.807, 2.05) is 54.8 Å². The van der Waals surface area contributed by atoms with Gasteiger partial charge in [0.2, 0.25) is 5.88 Å². The number of nitrogens with one attached hydrogen (secondary N) is 2. The van der Waals surface area contributed by atoms with Gasteiger partial charge < -0.3 is 20.1 Å². The van der Waals surface area contributed by atoms with Gasteiger partial charge in [0.15, 0.2) is 11.5 Å². The summed E-state index contributed by atoms with van der Waals surface area (Å²) in [5, 5.41) is 7.61. The quantitative estimate of drug-likeness (QED) is 0.607. The molecule has 0 saturated carbocycles. The average Bonchev–Trinajstić information content (AvgIpc) is 3.21. The molecule has 3 rings (SSSR count). The molecule has 6 nitrogen and oxygen atoms in total. The molecule has 7 heteroatoms. The zero-order chi connectivity index (χ0) is 18.9. The molecule has 2 heterocycles. The van der Waals surface area contributed by atoms with E-state index in [1.54, 1.807) is 23.6 Å². The molecular formula is C20H21N3O3S. The molecule has 140 valence electrons. The highest BCUT2D eigenvalue weighted by molar-refractivity contribution is 7.09. The third-order valence-electron chi connectivity index (χ3n) is 3.62. The lowest BCUT2D eigenvalue weighted by atomic mass is 10.3. The first-order chi connectivity index (χ1) is 13.2. The van der Waals surface area contributed by atoms with Crippen LogP contribution < -0.4 is 20.1 Å². The van der Waals surface area contributed by atoms with Crippen LogP contribution in [-0.2, 0) is 13.1 Å². The monoisotopic (exact) mass is 383 g/mol. The number of amides is 2. The summed E-state index contributed by atoms with van der Waals surface area (Å²) in [5.41, 5.74) is 0.881. The molecular weight excluding hydrogens is 362 g/mol. The van der Waals surface area contributed by atoms with Crippen molar-refractivity contribution in [3.8, 4) is 17.4 Å². The zero-order valence-corrected chi connectivity index (χ0v) is 15.8. The van der Waals surface area contributed by atoms with Crippen molar-refractivity contribution < 1.29 is 14.3 Å². The van der Waals surface area contributed by atoms with E-state index < -0.39 is 0 Å². The molecule has 0 aliphatic carbocycles. The summed E-state index contributed by atoms with van der Waals surface area (Å²) in [6, 6.07) is 14.8. The molecule has 2 amide bonds. The Balaban J connectivity index is 1.49. The summed E-state index contributed by atoms with van der Waals surface area (Å²) in [6.45, 7) is 3.40. The second-order valence-corrected chi connectivity index (χ2v) is 6.63. The van der Waals surface area contributed by atoms with Crippen molar-refractivity contribution >= 4 is 17.4 Å². The van der Waals surface area contributed by atoms with E-state index in [1.165, 1.54) is 0 Å². The number of carbonyl (C=O) groups is 1. The molecule has 0 aliphatic heterocycles. The van der Waals surface area contributed by atoms with Gasteiger partial charge in [-0.2, -0.15) is 0 Å². The molecule has 0 aliphatic rings. The van der Waals surface area contributed by atoms with Crippen LogP contribution in [0.25, 0.3) is 0 Å². The number of hydrogen-bond acceptors (Lipinski definition) is 5. The lowest BCUT2D eigenvalue weighted by Gasteiger charge is -2.11. The molecule has 27 heavy (non-hydrogen) atoms. The standard InChI is InChI=1S/C20H21N3O3S/c1-2-25-17-7-3-4-8-18(17)26-19-10-9-15(12-21-19)13-22-20(24)23-14-16-6-5-11-27-16/h3-12H,2,13-14H2,1H3,(H2,22,23,24). The van der Waals surface area contributed by atoms with Crippen molar-refractivity contribution in [3.05, 3.63) is 70.5 Å². The predicted molar refractivity (Wildman–Crippen MR) is 105 cm³/mol. The van der Waals surface area contributed by atoms with E-state index in [-0.39, 0.29) is 6.03 Å². The largest absolute Gasteiger partial charge is 0.490 e. The second-order valence-electron chi connectivity index (χ2n) is 5.60. The van der Waals surface area contributed by atoms with E-state index in [0.717, 1.165) is 10.4 Å². The molecule has 0 fully saturated rings. The molecule has 0 saturated heterocycles. The number of carbonyl (C=O) groups excluding carboxylic acids is 1. The van der Waals surface area contributed by atoms with Crippen LogP contribution >= 0.6 is 11.3 Å². The number of hydrogen-bond donors (Lipinski definition) is 2. The van der Waals surface area contributed by atoms with Crippen LogP contribution in [0.15, 0.2) is 60.1 Å². The SMILES string of the molecule is CCOc1ccccc1Oc1ccc(CNC(=O)NCc2cccs2)cn1. The van der Waals surface area contributed by atoms with Gasteiger partial charge in [-0.05, 0) is 36.1 Å². The summed E-state index contributed by atoms with van der Waals surface area (Å²) >= 11 is 1.61. The Morgan fingerprint density at radius 2 is 1.85 bits per heavy atom. The Kier molecular flexibility index (Phi) is 6.65. The summed E-state index contributed by atoms with van der Waals surface area (Å²) in [7, 11) is 0. The van der Waals surface area contributed by atoms with Crippen molar-refractivity contribution in [3.63, 3.8) is 0 Å².